The Morgan fingerprint density at radius 2 is 1.19 bits per heavy atom. The monoisotopic (exact) mass is 768 g/mol. The molecular weight excluding hydrogens is 704 g/mol. The summed E-state index contributed by atoms with van der Waals surface area (Å²) in [5, 5.41) is 28.8. The van der Waals surface area contributed by atoms with Crippen LogP contribution in [-0.4, -0.2) is 139 Å². The number of carbonyl (C=O) groups is 5. The van der Waals surface area contributed by atoms with Gasteiger partial charge in [-0.25, -0.2) is 9.59 Å². The predicted octanol–water partition coefficient (Wildman–Crippen LogP) is 2.16. The van der Waals surface area contributed by atoms with Crippen molar-refractivity contribution >= 4 is 29.9 Å². The first-order valence-corrected chi connectivity index (χ1v) is 18.3. The van der Waals surface area contributed by atoms with Crippen molar-refractivity contribution < 1.29 is 53.1 Å². The van der Waals surface area contributed by atoms with E-state index in [0.717, 1.165) is 0 Å². The van der Waals surface area contributed by atoms with E-state index in [1.807, 2.05) is 0 Å². The molecule has 17 nitrogen and oxygen atoms in total. The third-order valence-electron chi connectivity index (χ3n) is 7.74. The predicted molar refractivity (Wildman–Crippen MR) is 202 cm³/mol. The average molecular weight is 769 g/mol. The number of hydrogen-bond acceptors (Lipinski definition) is 12. The van der Waals surface area contributed by atoms with Crippen molar-refractivity contribution in [2.24, 2.45) is 5.73 Å². The van der Waals surface area contributed by atoms with E-state index in [1.54, 1.807) is 59.7 Å². The number of para-hydroxylation sites is 1. The summed E-state index contributed by atoms with van der Waals surface area (Å²) < 4.78 is 21.3. The number of nitrogens with zero attached hydrogens (tertiary/aromatic N) is 2. The Balaban J connectivity index is 3.25. The van der Waals surface area contributed by atoms with Gasteiger partial charge in [0.25, 0.3) is 5.91 Å². The van der Waals surface area contributed by atoms with E-state index >= 15 is 0 Å². The zero-order valence-corrected chi connectivity index (χ0v) is 33.7. The van der Waals surface area contributed by atoms with Crippen molar-refractivity contribution in [2.45, 2.75) is 117 Å². The summed E-state index contributed by atoms with van der Waals surface area (Å²) >= 11 is 0. The standard InChI is InChI=1S/C37H64N6O11/c1-24(44)28(40-34(49)53-36(3,4)5)32(47)42(20-12-11-18-38)22-15-23-43(33(48)29(25(2)45)41-35(50)54-37(6,7)8)21-14-19-39-31(46)26-16-13-17-27(51-9)30(26)52-10/h13,16-17,24-25,28-29,44-45H,11-12,14-15,18-23,38H2,1-10H3,(H,39,46)(H,40,49)(H,41,50)/t24-,25-,28+,29+/m1/s1. The van der Waals surface area contributed by atoms with Gasteiger partial charge in [0, 0.05) is 32.7 Å². The second kappa shape index (κ2) is 22.8. The number of amides is 5. The van der Waals surface area contributed by atoms with Crippen molar-refractivity contribution in [3.8, 4) is 11.5 Å². The number of hydrogen-bond donors (Lipinski definition) is 6. The van der Waals surface area contributed by atoms with Gasteiger partial charge in [-0.05, 0) is 99.8 Å². The Morgan fingerprint density at radius 1 is 0.722 bits per heavy atom. The molecule has 0 aliphatic rings. The maximum atomic E-state index is 13.9. The quantitative estimate of drug-likeness (QED) is 0.0989. The summed E-state index contributed by atoms with van der Waals surface area (Å²) in [5.74, 6) is -0.913. The van der Waals surface area contributed by atoms with Crippen LogP contribution in [0, 0.1) is 0 Å². The van der Waals surface area contributed by atoms with Crippen molar-refractivity contribution in [3.63, 3.8) is 0 Å². The van der Waals surface area contributed by atoms with E-state index in [2.05, 4.69) is 16.0 Å². The highest BCUT2D eigenvalue weighted by Crippen LogP contribution is 2.30. The molecule has 17 heteroatoms. The van der Waals surface area contributed by atoms with Crippen LogP contribution in [-0.2, 0) is 19.1 Å². The van der Waals surface area contributed by atoms with Gasteiger partial charge in [0.05, 0.1) is 32.0 Å². The lowest BCUT2D eigenvalue weighted by Gasteiger charge is -2.32. The highest BCUT2D eigenvalue weighted by atomic mass is 16.6. The lowest BCUT2D eigenvalue weighted by atomic mass is 10.1. The van der Waals surface area contributed by atoms with Crippen LogP contribution in [0.1, 0.15) is 91.4 Å². The number of rotatable bonds is 21. The number of ether oxygens (including phenoxy) is 4. The van der Waals surface area contributed by atoms with Crippen LogP contribution in [0.4, 0.5) is 9.59 Å². The van der Waals surface area contributed by atoms with E-state index in [9.17, 15) is 34.2 Å². The van der Waals surface area contributed by atoms with Crippen molar-refractivity contribution in [3.05, 3.63) is 23.8 Å². The van der Waals surface area contributed by atoms with E-state index in [4.69, 9.17) is 24.7 Å². The molecule has 0 saturated heterocycles. The van der Waals surface area contributed by atoms with Crippen molar-refractivity contribution in [1.82, 2.24) is 25.8 Å². The minimum Gasteiger partial charge on any atom is -0.493 e. The smallest absolute Gasteiger partial charge is 0.408 e. The number of nitrogens with one attached hydrogen (secondary N) is 3. The van der Waals surface area contributed by atoms with Gasteiger partial charge in [-0.3, -0.25) is 14.4 Å². The van der Waals surface area contributed by atoms with Crippen LogP contribution in [0.2, 0.25) is 0 Å². The zero-order chi connectivity index (χ0) is 41.2. The summed E-state index contributed by atoms with van der Waals surface area (Å²) in [6.07, 6.45) is -2.61. The molecule has 0 aliphatic heterocycles. The Morgan fingerprint density at radius 3 is 1.59 bits per heavy atom. The number of methoxy groups -OCH3 is 2. The van der Waals surface area contributed by atoms with Crippen LogP contribution < -0.4 is 31.2 Å². The maximum absolute atomic E-state index is 13.9. The van der Waals surface area contributed by atoms with Gasteiger partial charge in [-0.1, -0.05) is 6.07 Å². The van der Waals surface area contributed by atoms with E-state index < -0.39 is 65.4 Å². The van der Waals surface area contributed by atoms with Crippen molar-refractivity contribution in [1.29, 1.82) is 0 Å². The lowest BCUT2D eigenvalue weighted by molar-refractivity contribution is -0.137. The first kappa shape index (κ1) is 47.7. The summed E-state index contributed by atoms with van der Waals surface area (Å²) in [5.41, 5.74) is 4.26. The molecule has 5 amide bonds. The van der Waals surface area contributed by atoms with Gasteiger partial charge >= 0.3 is 12.2 Å². The molecule has 1 aromatic rings. The molecule has 0 unspecified atom stereocenters. The normalized spacial score (nSPS) is 13.7. The van der Waals surface area contributed by atoms with Crippen LogP contribution in [0.5, 0.6) is 11.5 Å². The fraction of sp³-hybridized carbons (Fsp3) is 0.703. The molecule has 0 aromatic heterocycles. The first-order valence-electron chi connectivity index (χ1n) is 18.3. The third-order valence-corrected chi connectivity index (χ3v) is 7.74. The number of aliphatic hydroxyl groups excluding tert-OH is 2. The fourth-order valence-corrected chi connectivity index (χ4v) is 5.24. The highest BCUT2D eigenvalue weighted by molar-refractivity contribution is 5.97. The number of alkyl carbamates (subject to hydrolysis) is 2. The molecule has 1 rings (SSSR count). The van der Waals surface area contributed by atoms with E-state index in [0.29, 0.717) is 25.1 Å². The van der Waals surface area contributed by atoms with Gasteiger partial charge in [-0.15, -0.1) is 0 Å². The molecule has 308 valence electrons. The number of nitrogens with two attached hydrogens (primary N) is 1. The van der Waals surface area contributed by atoms with Gasteiger partial charge in [0.1, 0.15) is 23.3 Å². The minimum absolute atomic E-state index is 0.0786. The number of benzene rings is 1. The Labute approximate surface area is 319 Å². The Kier molecular flexibility index (Phi) is 20.1. The molecule has 0 radical (unpaired) electrons. The summed E-state index contributed by atoms with van der Waals surface area (Å²) in [6.45, 7) is 13.9. The topological polar surface area (TPSA) is 231 Å². The maximum Gasteiger partial charge on any atom is 0.408 e. The molecule has 0 saturated carbocycles. The lowest BCUT2D eigenvalue weighted by Crippen LogP contribution is -2.56. The molecule has 0 spiro atoms. The number of aliphatic hydroxyl groups is 2. The second-order valence-electron chi connectivity index (χ2n) is 14.9. The molecule has 0 aliphatic carbocycles. The van der Waals surface area contributed by atoms with Crippen LogP contribution >= 0.6 is 0 Å². The van der Waals surface area contributed by atoms with Crippen LogP contribution in [0.15, 0.2) is 18.2 Å². The zero-order valence-electron chi connectivity index (χ0n) is 33.7. The average Bonchev–Trinajstić information content (AvgIpc) is 3.06. The molecule has 0 fully saturated rings. The number of unbranched alkanes of at least 4 members (excludes halogenated alkanes) is 1. The summed E-state index contributed by atoms with van der Waals surface area (Å²) in [4.78, 5) is 68.8. The summed E-state index contributed by atoms with van der Waals surface area (Å²) in [6, 6.07) is 2.24. The molecular formula is C37H64N6O11. The highest BCUT2D eigenvalue weighted by Gasteiger charge is 2.34. The van der Waals surface area contributed by atoms with E-state index in [-0.39, 0.29) is 56.9 Å². The second-order valence-corrected chi connectivity index (χ2v) is 14.9. The van der Waals surface area contributed by atoms with Gasteiger partial charge in [0.2, 0.25) is 11.8 Å². The molecule has 7 N–H and O–H groups in total. The number of carbonyl (C=O) groups excluding carboxylic acids is 5. The largest absolute Gasteiger partial charge is 0.493 e. The first-order chi connectivity index (χ1) is 25.1. The molecule has 1 aromatic carbocycles. The van der Waals surface area contributed by atoms with Gasteiger partial charge < -0.3 is 60.6 Å². The SMILES string of the molecule is COc1cccc(C(=O)NCCCN(CCCN(CCCCN)C(=O)[C@@H](NC(=O)OC(C)(C)C)[C@@H](C)O)C(=O)[C@@H](NC(=O)OC(C)(C)C)[C@@H](C)O)c1OC. The van der Waals surface area contributed by atoms with E-state index in [1.165, 1.54) is 37.9 Å². The third kappa shape index (κ3) is 17.2. The molecule has 0 bridgehead atoms. The Bertz CT molecular complexity index is 1360. The molecule has 0 heterocycles. The van der Waals surface area contributed by atoms with Gasteiger partial charge in [-0.2, -0.15) is 0 Å². The van der Waals surface area contributed by atoms with Crippen LogP contribution in [0.3, 0.4) is 0 Å². The molecule has 54 heavy (non-hydrogen) atoms. The summed E-state index contributed by atoms with van der Waals surface area (Å²) in [7, 11) is 2.89. The Hall–Kier alpha value is -4.35. The van der Waals surface area contributed by atoms with Gasteiger partial charge in [0.15, 0.2) is 11.5 Å². The molecule has 4 atom stereocenters. The fourth-order valence-electron chi connectivity index (χ4n) is 5.24. The van der Waals surface area contributed by atoms with Crippen LogP contribution in [0.25, 0.3) is 0 Å². The van der Waals surface area contributed by atoms with Crippen molar-refractivity contribution in [2.75, 3.05) is 53.5 Å². The minimum atomic E-state index is -1.37.